The maximum Gasteiger partial charge on any atom is 0.176 e. The van der Waals surface area contributed by atoms with Crippen LogP contribution in [0.4, 0.5) is 0 Å². The fourth-order valence-electron chi connectivity index (χ4n) is 2.48. The molecule has 1 saturated heterocycles. The molecule has 104 valence electrons. The smallest absolute Gasteiger partial charge is 0.176 e. The number of carbonyl (C=O) groups is 1. The van der Waals surface area contributed by atoms with Gasteiger partial charge in [-0.05, 0) is 38.1 Å². The molecule has 1 aliphatic rings. The molecule has 1 aromatic carbocycles. The predicted octanol–water partition coefficient (Wildman–Crippen LogP) is 1.99. The summed E-state index contributed by atoms with van der Waals surface area (Å²) in [7, 11) is 1.62. The molecule has 0 bridgehead atoms. The highest BCUT2D eigenvalue weighted by molar-refractivity contribution is 5.97. The Labute approximate surface area is 114 Å². The number of rotatable bonds is 4. The molecule has 0 N–H and O–H groups in total. The van der Waals surface area contributed by atoms with E-state index in [2.05, 4.69) is 4.90 Å². The fraction of sp³-hybridized carbons (Fsp3) is 0.533. The van der Waals surface area contributed by atoms with Crippen LogP contribution in [0.3, 0.4) is 0 Å². The van der Waals surface area contributed by atoms with Gasteiger partial charge in [0, 0.05) is 18.7 Å². The van der Waals surface area contributed by atoms with Gasteiger partial charge in [0.1, 0.15) is 5.75 Å². The minimum absolute atomic E-state index is 0.143. The van der Waals surface area contributed by atoms with Gasteiger partial charge in [-0.25, -0.2) is 0 Å². The van der Waals surface area contributed by atoms with Crippen molar-refractivity contribution in [2.45, 2.75) is 26.1 Å². The van der Waals surface area contributed by atoms with Crippen molar-refractivity contribution in [3.05, 3.63) is 29.8 Å². The summed E-state index contributed by atoms with van der Waals surface area (Å²) in [6.45, 7) is 6.16. The number of hydrogen-bond acceptors (Lipinski definition) is 4. The van der Waals surface area contributed by atoms with Crippen molar-refractivity contribution >= 4 is 5.78 Å². The molecule has 1 heterocycles. The Kier molecular flexibility index (Phi) is 4.56. The van der Waals surface area contributed by atoms with Gasteiger partial charge >= 0.3 is 0 Å². The minimum atomic E-state index is 0.143. The van der Waals surface area contributed by atoms with Crippen molar-refractivity contribution in [3.8, 4) is 5.75 Å². The summed E-state index contributed by atoms with van der Waals surface area (Å²) in [5.41, 5.74) is 0.729. The Morgan fingerprint density at radius 3 is 2.37 bits per heavy atom. The Morgan fingerprint density at radius 1 is 1.26 bits per heavy atom. The number of morpholine rings is 1. The lowest BCUT2D eigenvalue weighted by Gasteiger charge is -2.34. The van der Waals surface area contributed by atoms with E-state index >= 15 is 0 Å². The van der Waals surface area contributed by atoms with Gasteiger partial charge in [0.15, 0.2) is 5.78 Å². The number of methoxy groups -OCH3 is 1. The van der Waals surface area contributed by atoms with Gasteiger partial charge in [0.25, 0.3) is 0 Å². The van der Waals surface area contributed by atoms with Crippen molar-refractivity contribution < 1.29 is 14.3 Å². The van der Waals surface area contributed by atoms with Crippen LogP contribution in [0.2, 0.25) is 0 Å². The summed E-state index contributed by atoms with van der Waals surface area (Å²) < 4.78 is 10.8. The fourth-order valence-corrected chi connectivity index (χ4v) is 2.48. The van der Waals surface area contributed by atoms with Gasteiger partial charge in [-0.3, -0.25) is 9.69 Å². The average molecular weight is 263 g/mol. The third-order valence-electron chi connectivity index (χ3n) is 3.27. The number of hydrogen-bond donors (Lipinski definition) is 0. The first-order valence-corrected chi connectivity index (χ1v) is 6.63. The molecule has 2 rings (SSSR count). The third-order valence-corrected chi connectivity index (χ3v) is 3.27. The van der Waals surface area contributed by atoms with Crippen LogP contribution in [-0.4, -0.2) is 49.6 Å². The van der Waals surface area contributed by atoms with Crippen LogP contribution in [0, 0.1) is 0 Å². The molecule has 0 aromatic heterocycles. The lowest BCUT2D eigenvalue weighted by atomic mass is 10.1. The van der Waals surface area contributed by atoms with Crippen molar-refractivity contribution in [2.75, 3.05) is 26.7 Å². The topological polar surface area (TPSA) is 38.8 Å². The number of nitrogens with zero attached hydrogens (tertiary/aromatic N) is 1. The highest BCUT2D eigenvalue weighted by Gasteiger charge is 2.23. The first-order chi connectivity index (χ1) is 9.08. The van der Waals surface area contributed by atoms with E-state index in [9.17, 15) is 4.79 Å². The number of Topliss-reactive ketones (excluding diaryl/α,β-unsaturated/α-hetero) is 1. The van der Waals surface area contributed by atoms with Crippen molar-refractivity contribution in [3.63, 3.8) is 0 Å². The molecular formula is C15H21NO3. The predicted molar refractivity (Wildman–Crippen MR) is 73.8 cm³/mol. The van der Waals surface area contributed by atoms with E-state index in [-0.39, 0.29) is 18.0 Å². The highest BCUT2D eigenvalue weighted by atomic mass is 16.5. The molecule has 1 aromatic rings. The molecule has 0 aliphatic carbocycles. The van der Waals surface area contributed by atoms with E-state index in [1.165, 1.54) is 0 Å². The molecule has 0 unspecified atom stereocenters. The summed E-state index contributed by atoms with van der Waals surface area (Å²) in [5, 5.41) is 0. The van der Waals surface area contributed by atoms with Gasteiger partial charge in [-0.15, -0.1) is 0 Å². The van der Waals surface area contributed by atoms with E-state index in [1.54, 1.807) is 7.11 Å². The second-order valence-electron chi connectivity index (χ2n) is 5.10. The molecule has 0 saturated carbocycles. The molecule has 4 nitrogen and oxygen atoms in total. The molecule has 2 atom stereocenters. The molecular weight excluding hydrogens is 242 g/mol. The van der Waals surface area contributed by atoms with Crippen LogP contribution in [-0.2, 0) is 4.74 Å². The molecule has 1 fully saturated rings. The first kappa shape index (κ1) is 14.0. The largest absolute Gasteiger partial charge is 0.497 e. The summed E-state index contributed by atoms with van der Waals surface area (Å²) in [6.07, 6.45) is 0.375. The average Bonchev–Trinajstić information content (AvgIpc) is 2.37. The van der Waals surface area contributed by atoms with Crippen LogP contribution in [0.1, 0.15) is 24.2 Å². The number of carbonyl (C=O) groups excluding carboxylic acids is 1. The van der Waals surface area contributed by atoms with Crippen LogP contribution in [0.15, 0.2) is 24.3 Å². The van der Waals surface area contributed by atoms with Crippen molar-refractivity contribution in [1.82, 2.24) is 4.90 Å². The maximum absolute atomic E-state index is 12.2. The Morgan fingerprint density at radius 2 is 1.84 bits per heavy atom. The lowest BCUT2D eigenvalue weighted by Crippen LogP contribution is -2.47. The molecule has 4 heteroatoms. The van der Waals surface area contributed by atoms with Gasteiger partial charge in [-0.1, -0.05) is 0 Å². The van der Waals surface area contributed by atoms with Gasteiger partial charge in [-0.2, -0.15) is 0 Å². The molecule has 19 heavy (non-hydrogen) atoms. The normalized spacial score (nSPS) is 24.2. The molecule has 0 radical (unpaired) electrons. The van der Waals surface area contributed by atoms with E-state index < -0.39 is 0 Å². The van der Waals surface area contributed by atoms with E-state index in [1.807, 2.05) is 38.1 Å². The van der Waals surface area contributed by atoms with Crippen molar-refractivity contribution in [2.24, 2.45) is 0 Å². The summed E-state index contributed by atoms with van der Waals surface area (Å²) in [5.74, 6) is 0.911. The standard InChI is InChI=1S/C15H21NO3/c1-11-8-16(9-12(2)19-11)10-15(17)13-4-6-14(18-3)7-5-13/h4-7,11-12H,8-10H2,1-3H3/t11-,12+. The summed E-state index contributed by atoms with van der Waals surface area (Å²) in [6, 6.07) is 7.26. The summed E-state index contributed by atoms with van der Waals surface area (Å²) >= 11 is 0. The SMILES string of the molecule is COc1ccc(C(=O)CN2C[C@@H](C)O[C@@H](C)C2)cc1. The van der Waals surface area contributed by atoms with E-state index in [0.29, 0.717) is 6.54 Å². The van der Waals surface area contributed by atoms with E-state index in [4.69, 9.17) is 9.47 Å². The Bertz CT molecular complexity index is 420. The van der Waals surface area contributed by atoms with Gasteiger partial charge in [0.05, 0.1) is 25.9 Å². The van der Waals surface area contributed by atoms with Gasteiger partial charge in [0.2, 0.25) is 0 Å². The number of ether oxygens (including phenoxy) is 2. The minimum Gasteiger partial charge on any atom is -0.497 e. The van der Waals surface area contributed by atoms with Crippen LogP contribution >= 0.6 is 0 Å². The number of benzene rings is 1. The summed E-state index contributed by atoms with van der Waals surface area (Å²) in [4.78, 5) is 14.4. The second-order valence-corrected chi connectivity index (χ2v) is 5.10. The maximum atomic E-state index is 12.2. The third kappa shape index (κ3) is 3.78. The monoisotopic (exact) mass is 263 g/mol. The quantitative estimate of drug-likeness (QED) is 0.779. The van der Waals surface area contributed by atoms with Gasteiger partial charge < -0.3 is 9.47 Å². The zero-order valence-corrected chi connectivity index (χ0v) is 11.8. The van der Waals surface area contributed by atoms with Crippen LogP contribution < -0.4 is 4.74 Å². The van der Waals surface area contributed by atoms with Crippen LogP contribution in [0.5, 0.6) is 5.75 Å². The highest BCUT2D eigenvalue weighted by Crippen LogP contribution is 2.14. The zero-order chi connectivity index (χ0) is 13.8. The first-order valence-electron chi connectivity index (χ1n) is 6.63. The van der Waals surface area contributed by atoms with Crippen molar-refractivity contribution in [1.29, 1.82) is 0 Å². The Balaban J connectivity index is 1.96. The molecule has 0 spiro atoms. The van der Waals surface area contributed by atoms with Crippen LogP contribution in [0.25, 0.3) is 0 Å². The molecule has 0 amide bonds. The lowest BCUT2D eigenvalue weighted by molar-refractivity contribution is -0.0652. The van der Waals surface area contributed by atoms with E-state index in [0.717, 1.165) is 24.4 Å². The molecule has 1 aliphatic heterocycles. The second kappa shape index (κ2) is 6.17. The number of ketones is 1. The Hall–Kier alpha value is -1.39. The zero-order valence-electron chi connectivity index (χ0n) is 11.8.